The smallest absolute Gasteiger partial charge is 0.137 e. The minimum atomic E-state index is 0.867. The molecule has 10 aromatic carbocycles. The van der Waals surface area contributed by atoms with Crippen LogP contribution in [0.1, 0.15) is 0 Å². The van der Waals surface area contributed by atoms with Crippen LogP contribution in [0.3, 0.4) is 0 Å². The van der Waals surface area contributed by atoms with Gasteiger partial charge in [0.2, 0.25) is 0 Å². The lowest BCUT2D eigenvalue weighted by Gasteiger charge is -2.28. The Labute approximate surface area is 325 Å². The van der Waals surface area contributed by atoms with Gasteiger partial charge in [-0.3, -0.25) is 0 Å². The second kappa shape index (κ2) is 13.2. The van der Waals surface area contributed by atoms with Crippen molar-refractivity contribution in [3.63, 3.8) is 0 Å². The standard InChI is InChI=1S/C54H35NO/c1-2-14-37(15-3-1)44-22-10-17-39-18-11-23-45(53(39)44)38-29-31-42(32-30-38)55(50-24-12-26-52-54(50)48-21-8-9-25-51(48)56-52)49-34-33-43(46-19-6-7-20-47(46)49)41-28-27-36-13-4-5-16-40(36)35-41/h1-35H. The molecule has 11 aromatic rings. The predicted molar refractivity (Wildman–Crippen MR) is 237 cm³/mol. The molecule has 0 spiro atoms. The van der Waals surface area contributed by atoms with E-state index in [1.54, 1.807) is 0 Å². The van der Waals surface area contributed by atoms with Crippen molar-refractivity contribution in [3.05, 3.63) is 212 Å². The summed E-state index contributed by atoms with van der Waals surface area (Å²) < 4.78 is 6.45. The van der Waals surface area contributed by atoms with E-state index in [-0.39, 0.29) is 0 Å². The van der Waals surface area contributed by atoms with Crippen molar-refractivity contribution in [1.82, 2.24) is 0 Å². The van der Waals surface area contributed by atoms with E-state index in [2.05, 4.69) is 211 Å². The number of benzene rings is 10. The van der Waals surface area contributed by atoms with Crippen molar-refractivity contribution in [2.24, 2.45) is 0 Å². The molecule has 0 aliphatic rings. The largest absolute Gasteiger partial charge is 0.456 e. The van der Waals surface area contributed by atoms with Crippen LogP contribution < -0.4 is 4.90 Å². The van der Waals surface area contributed by atoms with Crippen molar-refractivity contribution in [2.75, 3.05) is 4.90 Å². The van der Waals surface area contributed by atoms with E-state index >= 15 is 0 Å². The van der Waals surface area contributed by atoms with Gasteiger partial charge < -0.3 is 9.32 Å². The van der Waals surface area contributed by atoms with E-state index in [0.29, 0.717) is 0 Å². The first-order chi connectivity index (χ1) is 27.8. The number of hydrogen-bond acceptors (Lipinski definition) is 2. The number of hydrogen-bond donors (Lipinski definition) is 0. The minimum absolute atomic E-state index is 0.867. The van der Waals surface area contributed by atoms with Gasteiger partial charge in [0.25, 0.3) is 0 Å². The normalized spacial score (nSPS) is 11.6. The molecular weight excluding hydrogens is 679 g/mol. The van der Waals surface area contributed by atoms with Crippen LogP contribution in [0.5, 0.6) is 0 Å². The Morgan fingerprint density at radius 2 is 0.911 bits per heavy atom. The predicted octanol–water partition coefficient (Wildman–Crippen LogP) is 15.5. The van der Waals surface area contributed by atoms with E-state index in [0.717, 1.165) is 39.0 Å². The molecule has 0 radical (unpaired) electrons. The van der Waals surface area contributed by atoms with Crippen molar-refractivity contribution in [1.29, 1.82) is 0 Å². The third kappa shape index (κ3) is 5.26. The van der Waals surface area contributed by atoms with Crippen LogP contribution in [-0.4, -0.2) is 0 Å². The molecule has 262 valence electrons. The van der Waals surface area contributed by atoms with Crippen molar-refractivity contribution in [2.45, 2.75) is 0 Å². The van der Waals surface area contributed by atoms with Crippen molar-refractivity contribution < 1.29 is 4.42 Å². The van der Waals surface area contributed by atoms with Crippen molar-refractivity contribution >= 4 is 71.3 Å². The fourth-order valence-corrected chi connectivity index (χ4v) is 8.67. The molecule has 0 saturated carbocycles. The Hall–Kier alpha value is -7.42. The van der Waals surface area contributed by atoms with Gasteiger partial charge in [-0.1, -0.05) is 170 Å². The van der Waals surface area contributed by atoms with Gasteiger partial charge in [-0.15, -0.1) is 0 Å². The van der Waals surface area contributed by atoms with Crippen LogP contribution in [-0.2, 0) is 0 Å². The zero-order valence-electron chi connectivity index (χ0n) is 30.6. The number of furan rings is 1. The highest BCUT2D eigenvalue weighted by Crippen LogP contribution is 2.47. The molecule has 56 heavy (non-hydrogen) atoms. The van der Waals surface area contributed by atoms with E-state index in [1.807, 2.05) is 6.07 Å². The Balaban J connectivity index is 1.12. The van der Waals surface area contributed by atoms with Gasteiger partial charge >= 0.3 is 0 Å². The van der Waals surface area contributed by atoms with Gasteiger partial charge in [-0.05, 0) is 103 Å². The first kappa shape index (κ1) is 32.0. The highest BCUT2D eigenvalue weighted by molar-refractivity contribution is 6.16. The van der Waals surface area contributed by atoms with Crippen LogP contribution in [0.25, 0.3) is 87.6 Å². The molecule has 0 saturated heterocycles. The lowest BCUT2D eigenvalue weighted by Crippen LogP contribution is -2.11. The minimum Gasteiger partial charge on any atom is -0.456 e. The van der Waals surface area contributed by atoms with Gasteiger partial charge in [0.05, 0.1) is 16.8 Å². The summed E-state index contributed by atoms with van der Waals surface area (Å²) in [5.74, 6) is 0. The Bertz CT molecular complexity index is 3240. The average Bonchev–Trinajstić information content (AvgIpc) is 3.66. The number of nitrogens with zero attached hydrogens (tertiary/aromatic N) is 1. The SMILES string of the molecule is c1ccc(-c2cccc3cccc(-c4ccc(N(c5ccc(-c6ccc7ccccc7c6)c6ccccc56)c5cccc6oc7ccccc7c56)cc4)c23)cc1. The summed E-state index contributed by atoms with van der Waals surface area (Å²) in [6.07, 6.45) is 0. The maximum Gasteiger partial charge on any atom is 0.137 e. The molecule has 0 atom stereocenters. The van der Waals surface area contributed by atoms with Gasteiger partial charge in [0, 0.05) is 16.5 Å². The second-order valence-corrected chi connectivity index (χ2v) is 14.4. The zero-order valence-corrected chi connectivity index (χ0v) is 30.6. The molecule has 1 heterocycles. The summed E-state index contributed by atoms with van der Waals surface area (Å²) in [4.78, 5) is 2.42. The van der Waals surface area contributed by atoms with E-state index in [9.17, 15) is 0 Å². The van der Waals surface area contributed by atoms with Gasteiger partial charge in [0.1, 0.15) is 11.2 Å². The first-order valence-corrected chi connectivity index (χ1v) is 19.2. The maximum atomic E-state index is 6.45. The molecule has 0 amide bonds. The first-order valence-electron chi connectivity index (χ1n) is 19.2. The average molecular weight is 714 g/mol. The third-order valence-electron chi connectivity index (χ3n) is 11.2. The van der Waals surface area contributed by atoms with E-state index in [4.69, 9.17) is 4.42 Å². The monoisotopic (exact) mass is 713 g/mol. The summed E-state index contributed by atoms with van der Waals surface area (Å²) in [5, 5.41) is 9.54. The molecule has 2 heteroatoms. The summed E-state index contributed by atoms with van der Waals surface area (Å²) >= 11 is 0. The number of anilines is 3. The number of rotatable bonds is 6. The van der Waals surface area contributed by atoms with Crippen LogP contribution >= 0.6 is 0 Å². The van der Waals surface area contributed by atoms with E-state index < -0.39 is 0 Å². The van der Waals surface area contributed by atoms with Crippen LogP contribution in [0.15, 0.2) is 217 Å². The van der Waals surface area contributed by atoms with Gasteiger partial charge in [-0.2, -0.15) is 0 Å². The summed E-state index contributed by atoms with van der Waals surface area (Å²) in [6.45, 7) is 0. The van der Waals surface area contributed by atoms with E-state index in [1.165, 1.54) is 65.7 Å². The Kier molecular flexibility index (Phi) is 7.53. The fraction of sp³-hybridized carbons (Fsp3) is 0. The molecule has 0 bridgehead atoms. The second-order valence-electron chi connectivity index (χ2n) is 14.4. The lowest BCUT2D eigenvalue weighted by molar-refractivity contribution is 0.669. The molecule has 0 fully saturated rings. The molecule has 11 rings (SSSR count). The van der Waals surface area contributed by atoms with Crippen LogP contribution in [0, 0.1) is 0 Å². The quantitative estimate of drug-likeness (QED) is 0.171. The van der Waals surface area contributed by atoms with Gasteiger partial charge in [-0.25, -0.2) is 0 Å². The van der Waals surface area contributed by atoms with Gasteiger partial charge in [0.15, 0.2) is 0 Å². The molecular formula is C54H35NO. The molecule has 0 aliphatic carbocycles. The fourth-order valence-electron chi connectivity index (χ4n) is 8.67. The Morgan fingerprint density at radius 1 is 0.304 bits per heavy atom. The summed E-state index contributed by atoms with van der Waals surface area (Å²) in [5.41, 5.74) is 12.2. The number of para-hydroxylation sites is 1. The molecule has 0 unspecified atom stereocenters. The summed E-state index contributed by atoms with van der Waals surface area (Å²) in [6, 6.07) is 76.5. The molecule has 1 aromatic heterocycles. The molecule has 2 nitrogen and oxygen atoms in total. The Morgan fingerprint density at radius 3 is 1.71 bits per heavy atom. The summed E-state index contributed by atoms with van der Waals surface area (Å²) in [7, 11) is 0. The third-order valence-corrected chi connectivity index (χ3v) is 11.2. The number of fused-ring (bicyclic) bond motifs is 6. The maximum absolute atomic E-state index is 6.45. The lowest BCUT2D eigenvalue weighted by atomic mass is 9.91. The zero-order chi connectivity index (χ0) is 37.0. The van der Waals surface area contributed by atoms with Crippen LogP contribution in [0.4, 0.5) is 17.1 Å². The van der Waals surface area contributed by atoms with Crippen molar-refractivity contribution in [3.8, 4) is 33.4 Å². The highest BCUT2D eigenvalue weighted by Gasteiger charge is 2.22. The molecule has 0 N–H and O–H groups in total. The van der Waals surface area contributed by atoms with Crippen LogP contribution in [0.2, 0.25) is 0 Å². The molecule has 0 aliphatic heterocycles. The topological polar surface area (TPSA) is 16.4 Å². The highest BCUT2D eigenvalue weighted by atomic mass is 16.3.